The van der Waals surface area contributed by atoms with Crippen LogP contribution in [-0.2, 0) is 10.0 Å². The lowest BCUT2D eigenvalue weighted by Gasteiger charge is -2.27. The maximum Gasteiger partial charge on any atom is 0.250 e. The van der Waals surface area contributed by atoms with Crippen LogP contribution >= 0.6 is 11.3 Å². The van der Waals surface area contributed by atoms with Crippen LogP contribution in [0.4, 0.5) is 0 Å². The van der Waals surface area contributed by atoms with Crippen molar-refractivity contribution in [1.29, 1.82) is 0 Å². The van der Waals surface area contributed by atoms with Crippen molar-refractivity contribution in [3.63, 3.8) is 0 Å². The van der Waals surface area contributed by atoms with Gasteiger partial charge in [-0.2, -0.15) is 0 Å². The van der Waals surface area contributed by atoms with Crippen LogP contribution in [0.2, 0.25) is 0 Å². The van der Waals surface area contributed by atoms with Crippen LogP contribution in [0.3, 0.4) is 0 Å². The molecule has 0 unspecified atom stereocenters. The zero-order chi connectivity index (χ0) is 13.2. The molecular formula is C12H19NO3S2. The molecule has 1 aromatic heterocycles. The summed E-state index contributed by atoms with van der Waals surface area (Å²) in [6.07, 6.45) is 3.42. The van der Waals surface area contributed by atoms with Crippen molar-refractivity contribution >= 4 is 21.4 Å². The highest BCUT2D eigenvalue weighted by Gasteiger charge is 2.26. The Balaban J connectivity index is 1.97. The predicted molar refractivity (Wildman–Crippen MR) is 72.2 cm³/mol. The molecule has 0 aromatic carbocycles. The van der Waals surface area contributed by atoms with E-state index in [0.717, 1.165) is 30.6 Å². The monoisotopic (exact) mass is 289 g/mol. The van der Waals surface area contributed by atoms with Crippen molar-refractivity contribution < 1.29 is 13.5 Å². The lowest BCUT2D eigenvalue weighted by atomic mass is 9.87. The fourth-order valence-corrected chi connectivity index (χ4v) is 4.90. The third-order valence-electron chi connectivity index (χ3n) is 3.41. The zero-order valence-corrected chi connectivity index (χ0v) is 12.1. The van der Waals surface area contributed by atoms with Crippen molar-refractivity contribution in [3.8, 4) is 0 Å². The molecule has 2 rings (SSSR count). The number of thiophene rings is 1. The Morgan fingerprint density at radius 1 is 1.33 bits per heavy atom. The minimum absolute atomic E-state index is 0.0141. The van der Waals surface area contributed by atoms with Crippen LogP contribution in [0, 0.1) is 12.8 Å². The van der Waals surface area contributed by atoms with Crippen molar-refractivity contribution in [2.75, 3.05) is 6.61 Å². The molecule has 1 aromatic rings. The average Bonchev–Trinajstić information content (AvgIpc) is 2.77. The maximum atomic E-state index is 12.1. The third-order valence-corrected chi connectivity index (χ3v) is 6.42. The topological polar surface area (TPSA) is 66.4 Å². The van der Waals surface area contributed by atoms with E-state index in [2.05, 4.69) is 4.72 Å². The number of rotatable bonds is 4. The molecule has 4 nitrogen and oxygen atoms in total. The first-order valence-electron chi connectivity index (χ1n) is 6.21. The highest BCUT2D eigenvalue weighted by atomic mass is 32.2. The number of aliphatic hydroxyl groups is 1. The van der Waals surface area contributed by atoms with E-state index < -0.39 is 10.0 Å². The molecule has 0 amide bonds. The van der Waals surface area contributed by atoms with Crippen LogP contribution in [-0.4, -0.2) is 26.2 Å². The van der Waals surface area contributed by atoms with Gasteiger partial charge < -0.3 is 5.11 Å². The zero-order valence-electron chi connectivity index (χ0n) is 10.4. The lowest BCUT2D eigenvalue weighted by molar-refractivity contribution is 0.180. The van der Waals surface area contributed by atoms with E-state index in [1.54, 1.807) is 6.07 Å². The molecular weight excluding hydrogens is 270 g/mol. The number of nitrogens with one attached hydrogen (secondary N) is 1. The Kier molecular flexibility index (Phi) is 4.42. The Hall–Kier alpha value is -0.430. The number of aryl methyl sites for hydroxylation is 1. The van der Waals surface area contributed by atoms with E-state index in [0.29, 0.717) is 10.1 Å². The number of sulfonamides is 1. The fourth-order valence-electron chi connectivity index (χ4n) is 2.30. The molecule has 2 N–H and O–H groups in total. The van der Waals surface area contributed by atoms with Crippen molar-refractivity contribution in [1.82, 2.24) is 4.72 Å². The van der Waals surface area contributed by atoms with Gasteiger partial charge in [0, 0.05) is 17.5 Å². The van der Waals surface area contributed by atoms with Gasteiger partial charge in [0.25, 0.3) is 0 Å². The highest BCUT2D eigenvalue weighted by molar-refractivity contribution is 7.91. The first kappa shape index (κ1) is 14.0. The first-order valence-corrected chi connectivity index (χ1v) is 8.51. The van der Waals surface area contributed by atoms with Crippen molar-refractivity contribution in [2.24, 2.45) is 5.92 Å². The van der Waals surface area contributed by atoms with Crippen LogP contribution in [0.5, 0.6) is 0 Å². The average molecular weight is 289 g/mol. The molecule has 0 saturated heterocycles. The Morgan fingerprint density at radius 2 is 2.00 bits per heavy atom. The summed E-state index contributed by atoms with van der Waals surface area (Å²) in [5.41, 5.74) is 0. The second kappa shape index (κ2) is 5.69. The molecule has 1 heterocycles. The summed E-state index contributed by atoms with van der Waals surface area (Å²) in [6, 6.07) is 3.49. The smallest absolute Gasteiger partial charge is 0.250 e. The fraction of sp³-hybridized carbons (Fsp3) is 0.667. The SMILES string of the molecule is Cc1ccc(S(=O)(=O)NC2CCC(CO)CC2)s1. The Bertz CT molecular complexity index is 487. The van der Waals surface area contributed by atoms with Gasteiger partial charge in [0.05, 0.1) is 0 Å². The molecule has 0 radical (unpaired) electrons. The molecule has 0 bridgehead atoms. The quantitative estimate of drug-likeness (QED) is 0.889. The molecule has 0 aliphatic heterocycles. The minimum atomic E-state index is -3.36. The summed E-state index contributed by atoms with van der Waals surface area (Å²) in [4.78, 5) is 0.999. The van der Waals surface area contributed by atoms with E-state index in [4.69, 9.17) is 5.11 Å². The number of aliphatic hydroxyl groups excluding tert-OH is 1. The van der Waals surface area contributed by atoms with E-state index in [1.165, 1.54) is 11.3 Å². The van der Waals surface area contributed by atoms with Crippen LogP contribution in [0.15, 0.2) is 16.3 Å². The largest absolute Gasteiger partial charge is 0.396 e. The summed E-state index contributed by atoms with van der Waals surface area (Å²) in [5, 5.41) is 9.05. The van der Waals surface area contributed by atoms with E-state index >= 15 is 0 Å². The van der Waals surface area contributed by atoms with Gasteiger partial charge in [-0.1, -0.05) is 0 Å². The second-order valence-corrected chi connectivity index (χ2v) is 8.12. The summed E-state index contributed by atoms with van der Waals surface area (Å²) in [7, 11) is -3.36. The molecule has 6 heteroatoms. The molecule has 1 aliphatic carbocycles. The molecule has 1 saturated carbocycles. The van der Waals surface area contributed by atoms with E-state index in [1.807, 2.05) is 13.0 Å². The highest BCUT2D eigenvalue weighted by Crippen LogP contribution is 2.26. The van der Waals surface area contributed by atoms with Crippen LogP contribution < -0.4 is 4.72 Å². The molecule has 1 aliphatic rings. The summed E-state index contributed by atoms with van der Waals surface area (Å²) >= 11 is 1.30. The van der Waals surface area contributed by atoms with Gasteiger partial charge in [0.1, 0.15) is 4.21 Å². The van der Waals surface area contributed by atoms with Gasteiger partial charge >= 0.3 is 0 Å². The van der Waals surface area contributed by atoms with E-state index in [9.17, 15) is 8.42 Å². The van der Waals surface area contributed by atoms with Crippen molar-refractivity contribution in [2.45, 2.75) is 42.9 Å². The van der Waals surface area contributed by atoms with Gasteiger partial charge in [-0.3, -0.25) is 0 Å². The van der Waals surface area contributed by atoms with Gasteiger partial charge in [0.15, 0.2) is 0 Å². The molecule has 0 atom stereocenters. The minimum Gasteiger partial charge on any atom is -0.396 e. The predicted octanol–water partition coefficient (Wildman–Crippen LogP) is 1.89. The summed E-state index contributed by atoms with van der Waals surface area (Å²) in [5.74, 6) is 0.342. The maximum absolute atomic E-state index is 12.1. The Labute approximate surface area is 112 Å². The van der Waals surface area contributed by atoms with E-state index in [-0.39, 0.29) is 12.6 Å². The molecule has 0 spiro atoms. The van der Waals surface area contributed by atoms with Crippen molar-refractivity contribution in [3.05, 3.63) is 17.0 Å². The second-order valence-electron chi connectivity index (χ2n) is 4.89. The van der Waals surface area contributed by atoms with Crippen LogP contribution in [0.1, 0.15) is 30.6 Å². The van der Waals surface area contributed by atoms with Crippen LogP contribution in [0.25, 0.3) is 0 Å². The standard InChI is InChI=1S/C12H19NO3S2/c1-9-2-7-12(17-9)18(15,16)13-11-5-3-10(8-14)4-6-11/h2,7,10-11,13-14H,3-6,8H2,1H3. The summed E-state index contributed by atoms with van der Waals surface area (Å²) in [6.45, 7) is 2.11. The van der Waals surface area contributed by atoms with Gasteiger partial charge in [-0.05, 0) is 50.7 Å². The third kappa shape index (κ3) is 3.32. The molecule has 1 fully saturated rings. The van der Waals surface area contributed by atoms with Gasteiger partial charge in [-0.15, -0.1) is 11.3 Å². The lowest BCUT2D eigenvalue weighted by Crippen LogP contribution is -2.37. The normalized spacial score (nSPS) is 25.2. The number of hydrogen-bond acceptors (Lipinski definition) is 4. The van der Waals surface area contributed by atoms with Gasteiger partial charge in [0.2, 0.25) is 10.0 Å². The molecule has 102 valence electrons. The first-order chi connectivity index (χ1) is 8.51. The molecule has 18 heavy (non-hydrogen) atoms. The number of hydrogen-bond donors (Lipinski definition) is 2. The Morgan fingerprint density at radius 3 is 2.50 bits per heavy atom. The summed E-state index contributed by atoms with van der Waals surface area (Å²) < 4.78 is 27.4. The van der Waals surface area contributed by atoms with Gasteiger partial charge in [-0.25, -0.2) is 13.1 Å².